The Labute approximate surface area is 124 Å². The number of hydrogen-bond donors (Lipinski definition) is 0. The van der Waals surface area contributed by atoms with Gasteiger partial charge in [0.05, 0.1) is 34.3 Å². The predicted octanol–water partition coefficient (Wildman–Crippen LogP) is 0.853. The summed E-state index contributed by atoms with van der Waals surface area (Å²) >= 11 is 7.10. The lowest BCUT2D eigenvalue weighted by atomic mass is 10.2. The third-order valence-electron chi connectivity index (χ3n) is 3.22. The molecule has 106 valence electrons. The van der Waals surface area contributed by atoms with Gasteiger partial charge in [-0.25, -0.2) is 4.98 Å². The molecule has 0 amide bonds. The lowest BCUT2D eigenvalue weighted by Gasteiger charge is -2.28. The summed E-state index contributed by atoms with van der Waals surface area (Å²) < 4.78 is 6.04. The molecule has 2 aromatic rings. The first kappa shape index (κ1) is 13.5. The van der Waals surface area contributed by atoms with Crippen LogP contribution in [0.15, 0.2) is 0 Å². The molecule has 0 N–H and O–H groups in total. The van der Waals surface area contributed by atoms with Crippen molar-refractivity contribution in [3.8, 4) is 0 Å². The van der Waals surface area contributed by atoms with E-state index in [0.717, 1.165) is 16.0 Å². The lowest BCUT2D eigenvalue weighted by molar-refractivity contribution is -0.254. The number of halogens is 1. The molecule has 0 saturated carbocycles. The van der Waals surface area contributed by atoms with E-state index in [0.29, 0.717) is 43.2 Å². The molecule has 1 aliphatic rings. The number of morpholine rings is 1. The van der Waals surface area contributed by atoms with Gasteiger partial charge >= 0.3 is 0 Å². The number of aryl methyl sites for hydroxylation is 1. The molecule has 8 heteroatoms. The van der Waals surface area contributed by atoms with Crippen molar-refractivity contribution in [2.24, 2.45) is 0 Å². The SMILES string of the molecule is Cc1c(C(=O)[O-])sc2c(N3CCOCC3)nc(Cl)nc12. The van der Waals surface area contributed by atoms with Crippen LogP contribution in [0.1, 0.15) is 15.2 Å². The minimum absolute atomic E-state index is 0.116. The maximum atomic E-state index is 11.1. The van der Waals surface area contributed by atoms with E-state index in [1.807, 2.05) is 4.90 Å². The summed E-state index contributed by atoms with van der Waals surface area (Å²) in [5.41, 5.74) is 1.15. The number of fused-ring (bicyclic) bond motifs is 1. The van der Waals surface area contributed by atoms with Crippen LogP contribution in [0.3, 0.4) is 0 Å². The zero-order valence-corrected chi connectivity index (χ0v) is 12.3. The Morgan fingerprint density at radius 2 is 2.10 bits per heavy atom. The normalized spacial score (nSPS) is 15.8. The van der Waals surface area contributed by atoms with Gasteiger partial charge in [0.2, 0.25) is 5.28 Å². The molecule has 1 saturated heterocycles. The van der Waals surface area contributed by atoms with Gasteiger partial charge in [0.1, 0.15) is 0 Å². The fraction of sp³-hybridized carbons (Fsp3) is 0.417. The van der Waals surface area contributed by atoms with Gasteiger partial charge in [0.15, 0.2) is 5.82 Å². The van der Waals surface area contributed by atoms with Crippen molar-refractivity contribution in [3.63, 3.8) is 0 Å². The molecule has 0 aliphatic carbocycles. The van der Waals surface area contributed by atoms with E-state index in [-0.39, 0.29) is 10.2 Å². The lowest BCUT2D eigenvalue weighted by Crippen LogP contribution is -2.36. The number of carboxylic acids is 1. The molecule has 1 aliphatic heterocycles. The largest absolute Gasteiger partial charge is 0.544 e. The van der Waals surface area contributed by atoms with Gasteiger partial charge in [-0.2, -0.15) is 4.98 Å². The maximum Gasteiger partial charge on any atom is 0.224 e. The van der Waals surface area contributed by atoms with Crippen LogP contribution in [-0.2, 0) is 4.74 Å². The molecule has 0 spiro atoms. The number of rotatable bonds is 2. The topological polar surface area (TPSA) is 78.4 Å². The standard InChI is InChI=1S/C12H12ClN3O3S/c1-6-7-9(20-8(6)11(17)18)10(15-12(13)14-7)16-2-4-19-5-3-16/h2-5H2,1H3,(H,17,18)/p-1. The molecule has 20 heavy (non-hydrogen) atoms. The van der Waals surface area contributed by atoms with Crippen molar-refractivity contribution in [1.29, 1.82) is 0 Å². The van der Waals surface area contributed by atoms with Gasteiger partial charge in [-0.1, -0.05) is 0 Å². The zero-order chi connectivity index (χ0) is 14.3. The first-order chi connectivity index (χ1) is 9.58. The third kappa shape index (κ3) is 2.21. The molecule has 0 bridgehead atoms. The molecule has 0 radical (unpaired) electrons. The summed E-state index contributed by atoms with van der Waals surface area (Å²) in [4.78, 5) is 21.8. The van der Waals surface area contributed by atoms with Crippen LogP contribution in [0, 0.1) is 6.92 Å². The average Bonchev–Trinajstić information content (AvgIpc) is 2.77. The molecule has 0 aromatic carbocycles. The Kier molecular flexibility index (Phi) is 3.49. The second-order valence-corrected chi connectivity index (χ2v) is 5.80. The van der Waals surface area contributed by atoms with Gasteiger partial charge in [-0.15, -0.1) is 11.3 Å². The summed E-state index contributed by atoms with van der Waals surface area (Å²) in [5.74, 6) is -0.529. The van der Waals surface area contributed by atoms with Gasteiger partial charge in [0.25, 0.3) is 0 Å². The second-order valence-electron chi connectivity index (χ2n) is 4.44. The summed E-state index contributed by atoms with van der Waals surface area (Å²) in [6.45, 7) is 4.32. The van der Waals surface area contributed by atoms with Gasteiger partial charge in [-0.05, 0) is 24.1 Å². The first-order valence-electron chi connectivity index (χ1n) is 6.08. The number of ether oxygens (including phenoxy) is 1. The van der Waals surface area contributed by atoms with E-state index >= 15 is 0 Å². The summed E-state index contributed by atoms with van der Waals surface area (Å²) in [6.07, 6.45) is 0. The number of thiophene rings is 1. The van der Waals surface area contributed by atoms with Gasteiger partial charge in [-0.3, -0.25) is 0 Å². The summed E-state index contributed by atoms with van der Waals surface area (Å²) in [7, 11) is 0. The van der Waals surface area contributed by atoms with E-state index in [4.69, 9.17) is 16.3 Å². The van der Waals surface area contributed by atoms with E-state index < -0.39 is 5.97 Å². The highest BCUT2D eigenvalue weighted by Crippen LogP contribution is 2.36. The number of carbonyl (C=O) groups is 1. The number of hydrogen-bond acceptors (Lipinski definition) is 7. The van der Waals surface area contributed by atoms with Crippen molar-refractivity contribution >= 4 is 44.9 Å². The van der Waals surface area contributed by atoms with Crippen LogP contribution in [0.25, 0.3) is 10.2 Å². The number of aromatic nitrogens is 2. The fourth-order valence-corrected chi connectivity index (χ4v) is 3.49. The number of carboxylic acid groups (broad SMARTS) is 1. The van der Waals surface area contributed by atoms with Crippen LogP contribution >= 0.6 is 22.9 Å². The average molecular weight is 313 g/mol. The monoisotopic (exact) mass is 312 g/mol. The maximum absolute atomic E-state index is 11.1. The number of anilines is 1. The number of nitrogens with zero attached hydrogens (tertiary/aromatic N) is 3. The van der Waals surface area contributed by atoms with Crippen molar-refractivity contribution in [1.82, 2.24) is 9.97 Å². The smallest absolute Gasteiger partial charge is 0.224 e. The minimum atomic E-state index is -1.20. The summed E-state index contributed by atoms with van der Waals surface area (Å²) in [5, 5.41) is 11.3. The van der Waals surface area contributed by atoms with Crippen molar-refractivity contribution in [2.75, 3.05) is 31.2 Å². The quantitative estimate of drug-likeness (QED) is 0.765. The second kappa shape index (κ2) is 5.16. The molecule has 6 nitrogen and oxygen atoms in total. The van der Waals surface area contributed by atoms with E-state index in [9.17, 15) is 9.90 Å². The van der Waals surface area contributed by atoms with Crippen LogP contribution in [0.5, 0.6) is 0 Å². The van der Waals surface area contributed by atoms with Crippen molar-refractivity contribution < 1.29 is 14.6 Å². The molecule has 0 unspecified atom stereocenters. The van der Waals surface area contributed by atoms with Gasteiger partial charge in [0, 0.05) is 13.1 Å². The highest BCUT2D eigenvalue weighted by Gasteiger charge is 2.21. The Bertz CT molecular complexity index is 682. The van der Waals surface area contributed by atoms with E-state index in [1.165, 1.54) is 0 Å². The highest BCUT2D eigenvalue weighted by molar-refractivity contribution is 7.21. The summed E-state index contributed by atoms with van der Waals surface area (Å²) in [6, 6.07) is 0. The molecular weight excluding hydrogens is 302 g/mol. The number of aromatic carboxylic acids is 1. The van der Waals surface area contributed by atoms with E-state index in [1.54, 1.807) is 6.92 Å². The highest BCUT2D eigenvalue weighted by atomic mass is 35.5. The zero-order valence-electron chi connectivity index (χ0n) is 10.7. The van der Waals surface area contributed by atoms with Crippen molar-refractivity contribution in [2.45, 2.75) is 6.92 Å². The Hall–Kier alpha value is -1.44. The third-order valence-corrected chi connectivity index (χ3v) is 4.64. The van der Waals surface area contributed by atoms with Crippen LogP contribution < -0.4 is 10.0 Å². The molecule has 3 heterocycles. The Morgan fingerprint density at radius 3 is 2.75 bits per heavy atom. The van der Waals surface area contributed by atoms with Gasteiger partial charge < -0.3 is 19.5 Å². The number of carbonyl (C=O) groups excluding carboxylic acids is 1. The molecule has 3 rings (SSSR count). The van der Waals surface area contributed by atoms with E-state index in [2.05, 4.69) is 9.97 Å². The van der Waals surface area contributed by atoms with Crippen LogP contribution in [0.4, 0.5) is 5.82 Å². The Morgan fingerprint density at radius 1 is 1.40 bits per heavy atom. The molecule has 0 atom stereocenters. The first-order valence-corrected chi connectivity index (χ1v) is 7.28. The molecule has 1 fully saturated rings. The van der Waals surface area contributed by atoms with Crippen LogP contribution in [-0.4, -0.2) is 42.2 Å². The molecule has 2 aromatic heterocycles. The fourth-order valence-electron chi connectivity index (χ4n) is 2.23. The predicted molar refractivity (Wildman–Crippen MR) is 74.5 cm³/mol. The molecular formula is C12H11ClN3O3S-. The van der Waals surface area contributed by atoms with Crippen LogP contribution in [0.2, 0.25) is 5.28 Å². The minimum Gasteiger partial charge on any atom is -0.544 e. The Balaban J connectivity index is 2.20. The van der Waals surface area contributed by atoms with Crippen molar-refractivity contribution in [3.05, 3.63) is 15.7 Å².